The van der Waals surface area contributed by atoms with Gasteiger partial charge < -0.3 is 15.0 Å². The number of likely N-dealkylation sites (tertiary alicyclic amines) is 1. The summed E-state index contributed by atoms with van der Waals surface area (Å²) in [6.45, 7) is 6.36. The van der Waals surface area contributed by atoms with E-state index in [0.717, 1.165) is 11.6 Å². The number of carbonyl (C=O) groups is 1. The highest BCUT2D eigenvalue weighted by molar-refractivity contribution is 9.10. The lowest BCUT2D eigenvalue weighted by Gasteiger charge is -2.42. The molecule has 2 aromatic heterocycles. The molecule has 36 heavy (non-hydrogen) atoms. The van der Waals surface area contributed by atoms with Crippen LogP contribution in [0.3, 0.4) is 0 Å². The van der Waals surface area contributed by atoms with Crippen molar-refractivity contribution in [1.29, 1.82) is 0 Å². The summed E-state index contributed by atoms with van der Waals surface area (Å²) in [7, 11) is 0. The second-order valence-electron chi connectivity index (χ2n) is 9.87. The van der Waals surface area contributed by atoms with Crippen molar-refractivity contribution < 1.29 is 27.1 Å². The lowest BCUT2D eigenvalue weighted by molar-refractivity contribution is -0.141. The first kappa shape index (κ1) is 26.2. The summed E-state index contributed by atoms with van der Waals surface area (Å²) in [5, 5.41) is 7.33. The van der Waals surface area contributed by atoms with Gasteiger partial charge in [0, 0.05) is 37.2 Å². The van der Waals surface area contributed by atoms with Crippen LogP contribution < -0.4 is 5.32 Å². The summed E-state index contributed by atoms with van der Waals surface area (Å²) >= 11 is 3.19. The monoisotopic (exact) mass is 571 g/mol. The van der Waals surface area contributed by atoms with Crippen molar-refractivity contribution in [1.82, 2.24) is 19.5 Å². The number of nitrogens with zero attached hydrogens (tertiary/aromatic N) is 4. The molecule has 0 aliphatic carbocycles. The molecule has 1 N–H and O–H groups in total. The van der Waals surface area contributed by atoms with Gasteiger partial charge in [0.15, 0.2) is 11.3 Å². The molecule has 12 heteroatoms. The van der Waals surface area contributed by atoms with Crippen LogP contribution >= 0.6 is 15.9 Å². The van der Waals surface area contributed by atoms with Crippen LogP contribution in [0.15, 0.2) is 41.0 Å². The molecule has 0 bridgehead atoms. The van der Waals surface area contributed by atoms with Crippen molar-refractivity contribution in [2.24, 2.45) is 0 Å². The molecule has 0 saturated carbocycles. The molecule has 0 unspecified atom stereocenters. The summed E-state index contributed by atoms with van der Waals surface area (Å²) < 4.78 is 61.3. The molecule has 3 aromatic rings. The molecule has 1 aliphatic heterocycles. The van der Waals surface area contributed by atoms with Gasteiger partial charge in [-0.1, -0.05) is 12.1 Å². The van der Waals surface area contributed by atoms with E-state index in [9.17, 15) is 22.4 Å². The van der Waals surface area contributed by atoms with Crippen LogP contribution in [-0.2, 0) is 16.3 Å². The highest BCUT2D eigenvalue weighted by Crippen LogP contribution is 2.37. The first-order valence-electron chi connectivity index (χ1n) is 11.4. The van der Waals surface area contributed by atoms with E-state index in [0.29, 0.717) is 30.5 Å². The van der Waals surface area contributed by atoms with Gasteiger partial charge in [-0.2, -0.15) is 22.8 Å². The topological polar surface area (TPSA) is 71.8 Å². The minimum absolute atomic E-state index is 0.0368. The molecule has 1 fully saturated rings. The second kappa shape index (κ2) is 9.53. The Morgan fingerprint density at radius 2 is 1.78 bits per heavy atom. The highest BCUT2D eigenvalue weighted by atomic mass is 79.9. The maximum absolute atomic E-state index is 13.7. The Morgan fingerprint density at radius 3 is 2.36 bits per heavy atom. The molecule has 7 nitrogen and oxygen atoms in total. The van der Waals surface area contributed by atoms with E-state index in [1.165, 1.54) is 22.7 Å². The number of rotatable bonds is 4. The number of nitrogens with one attached hydrogen (secondary N) is 1. The van der Waals surface area contributed by atoms with Crippen molar-refractivity contribution in [3.63, 3.8) is 0 Å². The molecule has 0 atom stereocenters. The number of alkyl halides is 3. The number of benzene rings is 1. The van der Waals surface area contributed by atoms with Crippen molar-refractivity contribution >= 4 is 33.5 Å². The Labute approximate surface area is 214 Å². The average molecular weight is 572 g/mol. The van der Waals surface area contributed by atoms with Gasteiger partial charge in [-0.05, 0) is 67.2 Å². The predicted octanol–water partition coefficient (Wildman–Crippen LogP) is 6.03. The van der Waals surface area contributed by atoms with Crippen molar-refractivity contribution in [3.05, 3.63) is 58.1 Å². The van der Waals surface area contributed by atoms with Crippen LogP contribution in [0.25, 0.3) is 5.65 Å². The quantitative estimate of drug-likeness (QED) is 0.387. The zero-order valence-electron chi connectivity index (χ0n) is 20.0. The number of halogens is 5. The third kappa shape index (κ3) is 5.74. The van der Waals surface area contributed by atoms with Gasteiger partial charge in [0.2, 0.25) is 0 Å². The van der Waals surface area contributed by atoms with E-state index in [2.05, 4.69) is 31.3 Å². The van der Waals surface area contributed by atoms with E-state index in [4.69, 9.17) is 4.74 Å². The lowest BCUT2D eigenvalue weighted by atomic mass is 9.72. The zero-order valence-corrected chi connectivity index (χ0v) is 21.6. The highest BCUT2D eigenvalue weighted by Gasteiger charge is 2.39. The van der Waals surface area contributed by atoms with Gasteiger partial charge in [0.05, 0.1) is 0 Å². The zero-order chi connectivity index (χ0) is 26.3. The van der Waals surface area contributed by atoms with Crippen LogP contribution in [0.1, 0.15) is 44.9 Å². The smallest absolute Gasteiger partial charge is 0.433 e. The van der Waals surface area contributed by atoms with E-state index < -0.39 is 29.0 Å². The Kier molecular flexibility index (Phi) is 6.93. The first-order chi connectivity index (χ1) is 16.8. The molecule has 0 spiro atoms. The number of carbonyl (C=O) groups excluding carboxylic acids is 1. The minimum Gasteiger partial charge on any atom is -0.444 e. The summed E-state index contributed by atoms with van der Waals surface area (Å²) in [5.74, 6) is -0.269. The third-order valence-electron chi connectivity index (χ3n) is 6.12. The van der Waals surface area contributed by atoms with Gasteiger partial charge in [-0.15, -0.1) is 0 Å². The molecule has 4 rings (SSSR count). The van der Waals surface area contributed by atoms with Crippen LogP contribution in [0.4, 0.5) is 28.2 Å². The predicted molar refractivity (Wildman–Crippen MR) is 129 cm³/mol. The number of amides is 1. The fraction of sp³-hybridized carbons (Fsp3) is 0.458. The summed E-state index contributed by atoms with van der Waals surface area (Å²) in [6, 6.07) is 8.38. The van der Waals surface area contributed by atoms with Gasteiger partial charge >= 0.3 is 12.3 Å². The Balaban J connectivity index is 1.63. The summed E-state index contributed by atoms with van der Waals surface area (Å²) in [4.78, 5) is 17.9. The largest absolute Gasteiger partial charge is 0.444 e. The third-order valence-corrected chi connectivity index (χ3v) is 6.51. The number of hydrogen-bond acceptors (Lipinski definition) is 5. The van der Waals surface area contributed by atoms with Gasteiger partial charge in [0.1, 0.15) is 21.8 Å². The summed E-state index contributed by atoms with van der Waals surface area (Å²) in [6.07, 6.45) is -4.07. The molecular formula is C24H26BrF4N5O2. The fourth-order valence-corrected chi connectivity index (χ4v) is 4.66. The number of hydrogen-bond donors (Lipinski definition) is 1. The molecule has 194 valence electrons. The van der Waals surface area contributed by atoms with Crippen LogP contribution in [0.2, 0.25) is 0 Å². The maximum Gasteiger partial charge on any atom is 0.433 e. The molecule has 0 radical (unpaired) electrons. The molecule has 1 saturated heterocycles. The molecule has 1 amide bonds. The van der Waals surface area contributed by atoms with Crippen LogP contribution in [0, 0.1) is 5.82 Å². The van der Waals surface area contributed by atoms with Crippen molar-refractivity contribution in [2.45, 2.75) is 50.8 Å². The number of ether oxygens (including phenoxy) is 1. The Bertz CT molecular complexity index is 1250. The molecular weight excluding hydrogens is 546 g/mol. The standard InChI is InChI=1S/C24H26BrF4N5O2/c1-22(2,3)36-21(35)33-10-8-23(9-11-33,15-4-6-16(26)7-5-15)14-30-19-12-17(24(27,28)29)31-20-13-18(25)32-34(19)20/h4-7,12-13,30H,8-11,14H2,1-3H3. The number of aromatic nitrogens is 3. The minimum atomic E-state index is -4.64. The fourth-order valence-electron chi connectivity index (χ4n) is 4.29. The first-order valence-corrected chi connectivity index (χ1v) is 12.2. The van der Waals surface area contributed by atoms with Crippen LogP contribution in [-0.4, -0.2) is 50.8 Å². The maximum atomic E-state index is 13.7. The molecule has 1 aliphatic rings. The average Bonchev–Trinajstić information content (AvgIpc) is 3.16. The Morgan fingerprint density at radius 1 is 1.14 bits per heavy atom. The van der Waals surface area contributed by atoms with E-state index in [1.54, 1.807) is 37.8 Å². The number of fused-ring (bicyclic) bond motifs is 1. The molecule has 1 aromatic carbocycles. The summed E-state index contributed by atoms with van der Waals surface area (Å²) in [5.41, 5.74) is -1.39. The van der Waals surface area contributed by atoms with Gasteiger partial charge in [-0.3, -0.25) is 0 Å². The van der Waals surface area contributed by atoms with Crippen molar-refractivity contribution in [3.8, 4) is 0 Å². The van der Waals surface area contributed by atoms with Gasteiger partial charge in [-0.25, -0.2) is 14.2 Å². The lowest BCUT2D eigenvalue weighted by Crippen LogP contribution is -2.49. The van der Waals surface area contributed by atoms with E-state index >= 15 is 0 Å². The SMILES string of the molecule is CC(C)(C)OC(=O)N1CCC(CNc2cc(C(F)(F)F)nc3cc(Br)nn23)(c2ccc(F)cc2)CC1. The van der Waals surface area contributed by atoms with Crippen LogP contribution in [0.5, 0.6) is 0 Å². The number of piperidine rings is 1. The van der Waals surface area contributed by atoms with Crippen molar-refractivity contribution in [2.75, 3.05) is 25.0 Å². The second-order valence-corrected chi connectivity index (χ2v) is 10.7. The normalized spacial score (nSPS) is 16.3. The number of anilines is 1. The van der Waals surface area contributed by atoms with E-state index in [1.807, 2.05) is 0 Å². The van der Waals surface area contributed by atoms with Gasteiger partial charge in [0.25, 0.3) is 0 Å². The Hall–Kier alpha value is -2.89. The molecule has 3 heterocycles. The van der Waals surface area contributed by atoms with E-state index in [-0.39, 0.29) is 23.8 Å².